The molecule has 0 heterocycles. The van der Waals surface area contributed by atoms with Crippen molar-refractivity contribution in [2.75, 3.05) is 6.54 Å². The molecule has 2 rings (SSSR count). The normalized spacial score (nSPS) is 25.3. The summed E-state index contributed by atoms with van der Waals surface area (Å²) < 4.78 is 0. The lowest BCUT2D eigenvalue weighted by Gasteiger charge is -2.37. The average Bonchev–Trinajstić information content (AvgIpc) is 2.25. The van der Waals surface area contributed by atoms with Gasteiger partial charge < -0.3 is 5.32 Å². The molecular formula is C15H29N. The summed E-state index contributed by atoms with van der Waals surface area (Å²) in [6, 6.07) is 0.858. The Morgan fingerprint density at radius 2 is 1.75 bits per heavy atom. The Morgan fingerprint density at radius 1 is 1.00 bits per heavy atom. The molecule has 16 heavy (non-hydrogen) atoms. The van der Waals surface area contributed by atoms with Gasteiger partial charge >= 0.3 is 0 Å². The van der Waals surface area contributed by atoms with E-state index in [2.05, 4.69) is 12.2 Å². The van der Waals surface area contributed by atoms with Crippen molar-refractivity contribution in [2.45, 2.75) is 77.2 Å². The minimum Gasteiger partial charge on any atom is -0.314 e. The van der Waals surface area contributed by atoms with Gasteiger partial charge in [-0.05, 0) is 44.1 Å². The molecule has 0 bridgehead atoms. The van der Waals surface area contributed by atoms with Gasteiger partial charge in [-0.1, -0.05) is 45.4 Å². The topological polar surface area (TPSA) is 12.0 Å². The number of hydrogen-bond acceptors (Lipinski definition) is 1. The number of rotatable bonds is 6. The van der Waals surface area contributed by atoms with Crippen LogP contribution in [0.25, 0.3) is 0 Å². The van der Waals surface area contributed by atoms with E-state index in [0.29, 0.717) is 0 Å². The van der Waals surface area contributed by atoms with Gasteiger partial charge in [0.1, 0.15) is 0 Å². The van der Waals surface area contributed by atoms with E-state index in [-0.39, 0.29) is 0 Å². The molecule has 0 aromatic carbocycles. The largest absolute Gasteiger partial charge is 0.314 e. The van der Waals surface area contributed by atoms with Crippen molar-refractivity contribution in [3.05, 3.63) is 0 Å². The number of nitrogens with one attached hydrogen (secondary N) is 1. The Hall–Kier alpha value is -0.0400. The highest BCUT2D eigenvalue weighted by molar-refractivity contribution is 4.85. The predicted octanol–water partition coefficient (Wildman–Crippen LogP) is 4.13. The van der Waals surface area contributed by atoms with Crippen LogP contribution in [0.4, 0.5) is 0 Å². The molecule has 1 N–H and O–H groups in total. The van der Waals surface area contributed by atoms with Crippen molar-refractivity contribution in [1.82, 2.24) is 5.32 Å². The second kappa shape index (κ2) is 6.64. The molecule has 2 aliphatic rings. The van der Waals surface area contributed by atoms with Crippen molar-refractivity contribution in [2.24, 2.45) is 11.8 Å². The van der Waals surface area contributed by atoms with E-state index in [1.54, 1.807) is 0 Å². The lowest BCUT2D eigenvalue weighted by atomic mass is 9.74. The van der Waals surface area contributed by atoms with Crippen LogP contribution in [0.2, 0.25) is 0 Å². The highest BCUT2D eigenvalue weighted by Crippen LogP contribution is 2.35. The van der Waals surface area contributed by atoms with Crippen LogP contribution in [0.1, 0.15) is 71.1 Å². The standard InChI is InChI=1S/C15H29N/c1-2-11-16-15(14-9-6-10-14)12-13-7-4-3-5-8-13/h13-16H,2-12H2,1H3. The fraction of sp³-hybridized carbons (Fsp3) is 1.00. The average molecular weight is 223 g/mol. The summed E-state index contributed by atoms with van der Waals surface area (Å²) in [5.41, 5.74) is 0. The van der Waals surface area contributed by atoms with Crippen LogP contribution < -0.4 is 5.32 Å². The lowest BCUT2D eigenvalue weighted by Crippen LogP contribution is -2.41. The molecule has 1 nitrogen and oxygen atoms in total. The maximum absolute atomic E-state index is 3.82. The third-order valence-electron chi connectivity index (χ3n) is 4.69. The fourth-order valence-corrected chi connectivity index (χ4v) is 3.40. The summed E-state index contributed by atoms with van der Waals surface area (Å²) >= 11 is 0. The van der Waals surface area contributed by atoms with E-state index in [1.165, 1.54) is 70.8 Å². The highest BCUT2D eigenvalue weighted by Gasteiger charge is 2.29. The van der Waals surface area contributed by atoms with Crippen molar-refractivity contribution in [3.63, 3.8) is 0 Å². The summed E-state index contributed by atoms with van der Waals surface area (Å²) in [7, 11) is 0. The number of hydrogen-bond donors (Lipinski definition) is 1. The van der Waals surface area contributed by atoms with E-state index < -0.39 is 0 Å². The van der Waals surface area contributed by atoms with E-state index in [9.17, 15) is 0 Å². The second-order valence-corrected chi connectivity index (χ2v) is 5.99. The van der Waals surface area contributed by atoms with Crippen LogP contribution in [-0.2, 0) is 0 Å². The minimum atomic E-state index is 0.858. The van der Waals surface area contributed by atoms with Crippen LogP contribution in [0.15, 0.2) is 0 Å². The molecule has 1 atom stereocenters. The zero-order chi connectivity index (χ0) is 11.2. The maximum Gasteiger partial charge on any atom is 0.00979 e. The van der Waals surface area contributed by atoms with Crippen LogP contribution in [0.3, 0.4) is 0 Å². The summed E-state index contributed by atoms with van der Waals surface area (Å²) in [6.07, 6.45) is 14.7. The minimum absolute atomic E-state index is 0.858. The molecule has 0 spiro atoms. The van der Waals surface area contributed by atoms with Gasteiger partial charge in [0.05, 0.1) is 0 Å². The summed E-state index contributed by atoms with van der Waals surface area (Å²) in [5, 5.41) is 3.82. The van der Waals surface area contributed by atoms with Gasteiger partial charge in [-0.25, -0.2) is 0 Å². The van der Waals surface area contributed by atoms with Crippen molar-refractivity contribution < 1.29 is 0 Å². The Morgan fingerprint density at radius 3 is 2.31 bits per heavy atom. The van der Waals surface area contributed by atoms with Crippen molar-refractivity contribution in [1.29, 1.82) is 0 Å². The quantitative estimate of drug-likeness (QED) is 0.714. The molecule has 0 aliphatic heterocycles. The molecule has 0 amide bonds. The van der Waals surface area contributed by atoms with Gasteiger partial charge in [-0.15, -0.1) is 0 Å². The second-order valence-electron chi connectivity index (χ2n) is 5.99. The smallest absolute Gasteiger partial charge is 0.00979 e. The summed E-state index contributed by atoms with van der Waals surface area (Å²) in [4.78, 5) is 0. The highest BCUT2D eigenvalue weighted by atomic mass is 14.9. The van der Waals surface area contributed by atoms with E-state index in [4.69, 9.17) is 0 Å². The zero-order valence-electron chi connectivity index (χ0n) is 11.0. The van der Waals surface area contributed by atoms with Crippen LogP contribution in [-0.4, -0.2) is 12.6 Å². The molecule has 0 aromatic rings. The van der Waals surface area contributed by atoms with E-state index >= 15 is 0 Å². The summed E-state index contributed by atoms with van der Waals surface area (Å²) in [5.74, 6) is 2.07. The van der Waals surface area contributed by atoms with Crippen molar-refractivity contribution >= 4 is 0 Å². The molecule has 0 radical (unpaired) electrons. The van der Waals surface area contributed by atoms with Gasteiger partial charge in [-0.3, -0.25) is 0 Å². The van der Waals surface area contributed by atoms with Crippen LogP contribution in [0, 0.1) is 11.8 Å². The zero-order valence-corrected chi connectivity index (χ0v) is 11.0. The first kappa shape index (κ1) is 12.4. The van der Waals surface area contributed by atoms with E-state index in [1.807, 2.05) is 0 Å². The lowest BCUT2D eigenvalue weighted by molar-refractivity contribution is 0.184. The third kappa shape index (κ3) is 3.48. The molecule has 0 aromatic heterocycles. The molecule has 94 valence electrons. The first-order valence-corrected chi connectivity index (χ1v) is 7.63. The Balaban J connectivity index is 1.75. The van der Waals surface area contributed by atoms with Gasteiger partial charge in [0.15, 0.2) is 0 Å². The van der Waals surface area contributed by atoms with Crippen LogP contribution in [0.5, 0.6) is 0 Å². The maximum atomic E-state index is 3.82. The van der Waals surface area contributed by atoms with Gasteiger partial charge in [-0.2, -0.15) is 0 Å². The fourth-order valence-electron chi connectivity index (χ4n) is 3.40. The van der Waals surface area contributed by atoms with E-state index in [0.717, 1.165) is 17.9 Å². The van der Waals surface area contributed by atoms with Crippen molar-refractivity contribution in [3.8, 4) is 0 Å². The SMILES string of the molecule is CCCNC(CC1CCCCC1)C1CCC1. The Labute approximate surface area is 101 Å². The predicted molar refractivity (Wildman–Crippen MR) is 70.6 cm³/mol. The first-order chi connectivity index (χ1) is 7.90. The Kier molecular flexibility index (Phi) is 5.15. The monoisotopic (exact) mass is 223 g/mol. The van der Waals surface area contributed by atoms with Gasteiger partial charge in [0.25, 0.3) is 0 Å². The van der Waals surface area contributed by atoms with Crippen LogP contribution >= 0.6 is 0 Å². The van der Waals surface area contributed by atoms with Gasteiger partial charge in [0, 0.05) is 6.04 Å². The molecular weight excluding hydrogens is 194 g/mol. The molecule has 2 fully saturated rings. The molecule has 0 saturated heterocycles. The first-order valence-electron chi connectivity index (χ1n) is 7.63. The summed E-state index contributed by atoms with van der Waals surface area (Å²) in [6.45, 7) is 3.51. The molecule has 1 unspecified atom stereocenters. The Bertz CT molecular complexity index is 180. The molecule has 2 aliphatic carbocycles. The van der Waals surface area contributed by atoms with Gasteiger partial charge in [0.2, 0.25) is 0 Å². The third-order valence-corrected chi connectivity index (χ3v) is 4.69. The molecule has 2 saturated carbocycles. The molecule has 1 heteroatoms.